The third-order valence-corrected chi connectivity index (χ3v) is 4.18. The van der Waals surface area contributed by atoms with E-state index >= 15 is 0 Å². The Morgan fingerprint density at radius 1 is 1.39 bits per heavy atom. The molecule has 6 heteroatoms. The highest BCUT2D eigenvalue weighted by Crippen LogP contribution is 2.32. The molecule has 1 heterocycles. The molecule has 4 nitrogen and oxygen atoms in total. The molecule has 3 N–H and O–H groups in total. The lowest BCUT2D eigenvalue weighted by molar-refractivity contribution is 0.246. The zero-order valence-electron chi connectivity index (χ0n) is 14.1. The van der Waals surface area contributed by atoms with E-state index in [9.17, 15) is 4.39 Å². The number of hydrogen-bond acceptors (Lipinski definition) is 2. The van der Waals surface area contributed by atoms with Crippen LogP contribution in [0.4, 0.5) is 4.39 Å². The number of likely N-dealkylation sites (tertiary alicyclic amines) is 1. The van der Waals surface area contributed by atoms with Crippen molar-refractivity contribution >= 4 is 17.6 Å². The lowest BCUT2D eigenvalue weighted by Crippen LogP contribution is -2.45. The maximum atomic E-state index is 14.3. The topological polar surface area (TPSA) is 53.6 Å². The molecule has 2 rings (SSSR count). The van der Waals surface area contributed by atoms with Crippen LogP contribution in [0.1, 0.15) is 45.2 Å². The number of hydrogen-bond donors (Lipinski definition) is 2. The summed E-state index contributed by atoms with van der Waals surface area (Å²) >= 11 is 6.26. The number of benzene rings is 1. The van der Waals surface area contributed by atoms with Crippen molar-refractivity contribution in [1.82, 2.24) is 10.2 Å². The van der Waals surface area contributed by atoms with Crippen molar-refractivity contribution in [3.8, 4) is 0 Å². The van der Waals surface area contributed by atoms with E-state index in [4.69, 9.17) is 17.3 Å². The second-order valence-electron chi connectivity index (χ2n) is 7.00. The normalized spacial score (nSPS) is 18.2. The average Bonchev–Trinajstić information content (AvgIpc) is 2.93. The molecular weight excluding hydrogens is 315 g/mol. The standard InChI is InChI=1S/C17H26ClFN4/c1-17(2,3)22-16(20)21-11-14(23-9-4-5-10-23)15-12(18)7-6-8-13(15)19/h6-8,14H,4-5,9-11H2,1-3H3,(H3,20,21,22). The third-order valence-electron chi connectivity index (χ3n) is 3.85. The van der Waals surface area contributed by atoms with Crippen LogP contribution in [0.5, 0.6) is 0 Å². The Labute approximate surface area is 142 Å². The quantitative estimate of drug-likeness (QED) is 0.653. The van der Waals surface area contributed by atoms with Crippen molar-refractivity contribution in [3.05, 3.63) is 34.6 Å². The molecule has 0 amide bonds. The SMILES string of the molecule is CC(C)(C)NC(N)=NCC(c1c(F)cccc1Cl)N1CCCC1. The van der Waals surface area contributed by atoms with Gasteiger partial charge in [0.15, 0.2) is 5.96 Å². The highest BCUT2D eigenvalue weighted by Gasteiger charge is 2.27. The Kier molecular flexibility index (Phi) is 5.87. The number of halogens is 2. The molecule has 0 saturated carbocycles. The van der Waals surface area contributed by atoms with Gasteiger partial charge in [-0.1, -0.05) is 17.7 Å². The lowest BCUT2D eigenvalue weighted by Gasteiger charge is -2.28. The highest BCUT2D eigenvalue weighted by molar-refractivity contribution is 6.31. The number of rotatable bonds is 4. The van der Waals surface area contributed by atoms with E-state index in [1.165, 1.54) is 6.07 Å². The maximum Gasteiger partial charge on any atom is 0.189 e. The van der Waals surface area contributed by atoms with Crippen LogP contribution in [0.3, 0.4) is 0 Å². The van der Waals surface area contributed by atoms with Gasteiger partial charge in [0.1, 0.15) is 5.82 Å². The molecule has 23 heavy (non-hydrogen) atoms. The molecule has 1 saturated heterocycles. The Morgan fingerprint density at radius 3 is 2.61 bits per heavy atom. The van der Waals surface area contributed by atoms with Gasteiger partial charge in [0, 0.05) is 16.1 Å². The first kappa shape index (κ1) is 18.0. The summed E-state index contributed by atoms with van der Waals surface area (Å²) in [5, 5.41) is 3.57. The number of nitrogens with one attached hydrogen (secondary N) is 1. The minimum absolute atomic E-state index is 0.160. The molecule has 1 aliphatic heterocycles. The zero-order valence-corrected chi connectivity index (χ0v) is 14.8. The van der Waals surface area contributed by atoms with E-state index in [2.05, 4.69) is 15.2 Å². The number of guanidine groups is 1. The fourth-order valence-electron chi connectivity index (χ4n) is 2.88. The van der Waals surface area contributed by atoms with Crippen LogP contribution in [0.2, 0.25) is 5.02 Å². The van der Waals surface area contributed by atoms with Crippen LogP contribution in [-0.4, -0.2) is 36.0 Å². The fraction of sp³-hybridized carbons (Fsp3) is 0.588. The molecule has 1 aliphatic rings. The predicted octanol–water partition coefficient (Wildman–Crippen LogP) is 3.32. The van der Waals surface area contributed by atoms with Gasteiger partial charge in [-0.25, -0.2) is 4.39 Å². The molecular formula is C17H26ClFN4. The molecule has 1 aromatic carbocycles. The minimum Gasteiger partial charge on any atom is -0.370 e. The van der Waals surface area contributed by atoms with Gasteiger partial charge in [0.2, 0.25) is 0 Å². The van der Waals surface area contributed by atoms with Gasteiger partial charge in [-0.15, -0.1) is 0 Å². The van der Waals surface area contributed by atoms with Gasteiger partial charge < -0.3 is 11.1 Å². The molecule has 0 spiro atoms. The summed E-state index contributed by atoms with van der Waals surface area (Å²) < 4.78 is 14.3. The van der Waals surface area contributed by atoms with Crippen molar-refractivity contribution < 1.29 is 4.39 Å². The average molecular weight is 341 g/mol. The molecule has 1 aromatic rings. The summed E-state index contributed by atoms with van der Waals surface area (Å²) in [6.45, 7) is 8.29. The van der Waals surface area contributed by atoms with Crippen LogP contribution >= 0.6 is 11.6 Å². The van der Waals surface area contributed by atoms with Crippen LogP contribution < -0.4 is 11.1 Å². The molecule has 128 valence electrons. The maximum absolute atomic E-state index is 14.3. The molecule has 1 fully saturated rings. The molecule has 1 atom stereocenters. The molecule has 1 unspecified atom stereocenters. The summed E-state index contributed by atoms with van der Waals surface area (Å²) in [5.41, 5.74) is 6.31. The van der Waals surface area contributed by atoms with Crippen LogP contribution in [0.25, 0.3) is 0 Å². The summed E-state index contributed by atoms with van der Waals surface area (Å²) in [4.78, 5) is 6.66. The van der Waals surface area contributed by atoms with Gasteiger partial charge in [-0.2, -0.15) is 0 Å². The Hall–Kier alpha value is -1.33. The number of aliphatic imine (C=N–C) groups is 1. The Morgan fingerprint density at radius 2 is 2.04 bits per heavy atom. The van der Waals surface area contributed by atoms with Crippen molar-refractivity contribution in [1.29, 1.82) is 0 Å². The fourth-order valence-corrected chi connectivity index (χ4v) is 3.17. The number of nitrogens with zero attached hydrogens (tertiary/aromatic N) is 2. The largest absolute Gasteiger partial charge is 0.370 e. The monoisotopic (exact) mass is 340 g/mol. The summed E-state index contributed by atoms with van der Waals surface area (Å²) in [5.74, 6) is 0.0844. The third kappa shape index (κ3) is 5.08. The van der Waals surface area contributed by atoms with E-state index in [0.29, 0.717) is 23.1 Å². The minimum atomic E-state index is -0.285. The van der Waals surface area contributed by atoms with Gasteiger partial charge >= 0.3 is 0 Å². The summed E-state index contributed by atoms with van der Waals surface area (Å²) in [6.07, 6.45) is 2.23. The Balaban J connectivity index is 2.23. The van der Waals surface area contributed by atoms with Crippen molar-refractivity contribution in [3.63, 3.8) is 0 Å². The van der Waals surface area contributed by atoms with E-state index in [1.807, 2.05) is 20.8 Å². The van der Waals surface area contributed by atoms with Crippen LogP contribution in [-0.2, 0) is 0 Å². The van der Waals surface area contributed by atoms with E-state index < -0.39 is 0 Å². The molecule has 0 bridgehead atoms. The first-order chi connectivity index (χ1) is 10.8. The van der Waals surface area contributed by atoms with E-state index in [0.717, 1.165) is 25.9 Å². The predicted molar refractivity (Wildman–Crippen MR) is 94.3 cm³/mol. The van der Waals surface area contributed by atoms with Crippen molar-refractivity contribution in [2.45, 2.75) is 45.2 Å². The lowest BCUT2D eigenvalue weighted by atomic mass is 10.0. The second-order valence-corrected chi connectivity index (χ2v) is 7.40. The van der Waals surface area contributed by atoms with Gasteiger partial charge in [-0.3, -0.25) is 9.89 Å². The first-order valence-corrected chi connectivity index (χ1v) is 8.42. The molecule has 0 aromatic heterocycles. The first-order valence-electron chi connectivity index (χ1n) is 8.04. The summed E-state index contributed by atoms with van der Waals surface area (Å²) in [6, 6.07) is 4.61. The van der Waals surface area contributed by atoms with Gasteiger partial charge in [-0.05, 0) is 58.8 Å². The summed E-state index contributed by atoms with van der Waals surface area (Å²) in [7, 11) is 0. The molecule has 0 aliphatic carbocycles. The van der Waals surface area contributed by atoms with Crippen molar-refractivity contribution in [2.24, 2.45) is 10.7 Å². The Bertz CT molecular complexity index is 542. The molecule has 0 radical (unpaired) electrons. The van der Waals surface area contributed by atoms with E-state index in [1.54, 1.807) is 12.1 Å². The van der Waals surface area contributed by atoms with E-state index in [-0.39, 0.29) is 17.4 Å². The van der Waals surface area contributed by atoms with Gasteiger partial charge in [0.05, 0.1) is 12.6 Å². The highest BCUT2D eigenvalue weighted by atomic mass is 35.5. The smallest absolute Gasteiger partial charge is 0.189 e. The van der Waals surface area contributed by atoms with Crippen LogP contribution in [0.15, 0.2) is 23.2 Å². The van der Waals surface area contributed by atoms with Crippen LogP contribution in [0, 0.1) is 5.82 Å². The number of nitrogens with two attached hydrogens (primary N) is 1. The zero-order chi connectivity index (χ0) is 17.0. The van der Waals surface area contributed by atoms with Crippen molar-refractivity contribution in [2.75, 3.05) is 19.6 Å². The second kappa shape index (κ2) is 7.49. The van der Waals surface area contributed by atoms with Gasteiger partial charge in [0.25, 0.3) is 0 Å².